The first kappa shape index (κ1) is 13.7. The van der Waals surface area contributed by atoms with E-state index in [0.717, 1.165) is 11.3 Å². The fourth-order valence-corrected chi connectivity index (χ4v) is 1.80. The minimum atomic E-state index is -4.25. The number of hydrogen-bond donors (Lipinski definition) is 1. The quantitative estimate of drug-likeness (QED) is 0.888. The highest BCUT2D eigenvalue weighted by Gasteiger charge is 2.31. The Morgan fingerprint density at radius 2 is 2.00 bits per heavy atom. The summed E-state index contributed by atoms with van der Waals surface area (Å²) in [4.78, 5) is 1.07. The van der Waals surface area contributed by atoms with Crippen LogP contribution in [-0.4, -0.2) is 29.5 Å². The molecule has 1 aromatic heterocycles. The first-order chi connectivity index (χ1) is 7.76. The molecule has 0 unspecified atom stereocenters. The average molecular weight is 250 g/mol. The van der Waals surface area contributed by atoms with Crippen molar-refractivity contribution in [1.82, 2.24) is 9.78 Å². The van der Waals surface area contributed by atoms with Gasteiger partial charge >= 0.3 is 6.18 Å². The van der Waals surface area contributed by atoms with Crippen LogP contribution in [0.15, 0.2) is 0 Å². The minimum absolute atomic E-state index is 0.311. The number of anilines is 2. The van der Waals surface area contributed by atoms with Crippen molar-refractivity contribution < 1.29 is 13.2 Å². The van der Waals surface area contributed by atoms with Gasteiger partial charge in [0.2, 0.25) is 0 Å². The molecule has 0 aliphatic heterocycles. The van der Waals surface area contributed by atoms with Gasteiger partial charge in [-0.2, -0.15) is 18.3 Å². The topological polar surface area (TPSA) is 47.1 Å². The van der Waals surface area contributed by atoms with Crippen molar-refractivity contribution in [1.29, 1.82) is 0 Å². The van der Waals surface area contributed by atoms with Crippen LogP contribution >= 0.6 is 0 Å². The monoisotopic (exact) mass is 250 g/mol. The second-order valence-electron chi connectivity index (χ2n) is 4.03. The number of nitrogens with zero attached hydrogens (tertiary/aromatic N) is 3. The predicted octanol–water partition coefficient (Wildman–Crippen LogP) is 1.95. The highest BCUT2D eigenvalue weighted by molar-refractivity contribution is 5.66. The Bertz CT molecular complexity index is 384. The molecule has 2 N–H and O–H groups in total. The molecule has 0 aliphatic rings. The van der Waals surface area contributed by atoms with E-state index in [1.165, 1.54) is 11.7 Å². The van der Waals surface area contributed by atoms with E-state index >= 15 is 0 Å². The molecule has 0 radical (unpaired) electrons. The van der Waals surface area contributed by atoms with Gasteiger partial charge in [-0.25, -0.2) is 0 Å². The van der Waals surface area contributed by atoms with Crippen LogP contribution in [0.2, 0.25) is 0 Å². The maximum Gasteiger partial charge on any atom is 0.405 e. The molecule has 0 amide bonds. The number of alkyl halides is 3. The lowest BCUT2D eigenvalue weighted by Crippen LogP contribution is -2.32. The molecule has 98 valence electrons. The number of nitrogen functional groups attached to an aromatic ring is 1. The molecule has 1 aromatic rings. The fraction of sp³-hybridized carbons (Fsp3) is 0.700. The third-order valence-electron chi connectivity index (χ3n) is 2.39. The number of rotatable bonds is 4. The third-order valence-corrected chi connectivity index (χ3v) is 2.39. The van der Waals surface area contributed by atoms with Crippen molar-refractivity contribution in [3.05, 3.63) is 5.69 Å². The summed E-state index contributed by atoms with van der Waals surface area (Å²) in [7, 11) is 2.95. The van der Waals surface area contributed by atoms with Gasteiger partial charge in [-0.05, 0) is 6.42 Å². The van der Waals surface area contributed by atoms with Gasteiger partial charge in [-0.1, -0.05) is 13.3 Å². The Morgan fingerprint density at radius 3 is 2.47 bits per heavy atom. The van der Waals surface area contributed by atoms with E-state index in [1.54, 1.807) is 7.05 Å². The summed E-state index contributed by atoms with van der Waals surface area (Å²) >= 11 is 0. The van der Waals surface area contributed by atoms with Crippen LogP contribution < -0.4 is 10.6 Å². The maximum absolute atomic E-state index is 12.3. The summed E-state index contributed by atoms with van der Waals surface area (Å²) in [6.07, 6.45) is -2.74. The summed E-state index contributed by atoms with van der Waals surface area (Å²) < 4.78 is 38.3. The summed E-state index contributed by atoms with van der Waals surface area (Å²) in [5.74, 6) is 0.311. The molecule has 0 fully saturated rings. The van der Waals surface area contributed by atoms with Crippen LogP contribution in [0.25, 0.3) is 0 Å². The van der Waals surface area contributed by atoms with Crippen molar-refractivity contribution in [3.63, 3.8) is 0 Å². The number of aryl methyl sites for hydroxylation is 2. The maximum atomic E-state index is 12.3. The van der Waals surface area contributed by atoms with E-state index in [2.05, 4.69) is 5.10 Å². The van der Waals surface area contributed by atoms with E-state index < -0.39 is 12.7 Å². The van der Waals surface area contributed by atoms with Gasteiger partial charge in [0.15, 0.2) is 0 Å². The van der Waals surface area contributed by atoms with Crippen LogP contribution in [-0.2, 0) is 13.5 Å². The average Bonchev–Trinajstić information content (AvgIpc) is 2.39. The van der Waals surface area contributed by atoms with Gasteiger partial charge in [0.25, 0.3) is 0 Å². The fourth-order valence-electron chi connectivity index (χ4n) is 1.80. The lowest BCUT2D eigenvalue weighted by molar-refractivity contribution is -0.119. The summed E-state index contributed by atoms with van der Waals surface area (Å²) in [5, 5.41) is 4.13. The largest absolute Gasteiger partial charge is 0.405 e. The van der Waals surface area contributed by atoms with Gasteiger partial charge in [-0.15, -0.1) is 0 Å². The highest BCUT2D eigenvalue weighted by atomic mass is 19.4. The smallest absolute Gasteiger partial charge is 0.394 e. The van der Waals surface area contributed by atoms with Gasteiger partial charge < -0.3 is 10.6 Å². The lowest BCUT2D eigenvalue weighted by Gasteiger charge is -2.21. The van der Waals surface area contributed by atoms with Crippen molar-refractivity contribution in [2.45, 2.75) is 25.9 Å². The van der Waals surface area contributed by atoms with Crippen molar-refractivity contribution in [3.8, 4) is 0 Å². The molecular formula is C10H17F3N4. The Morgan fingerprint density at radius 1 is 1.41 bits per heavy atom. The van der Waals surface area contributed by atoms with E-state index in [1.807, 2.05) is 6.92 Å². The third kappa shape index (κ3) is 3.28. The number of nitrogens with two attached hydrogens (primary N) is 1. The van der Waals surface area contributed by atoms with Crippen LogP contribution in [0, 0.1) is 0 Å². The number of hydrogen-bond acceptors (Lipinski definition) is 3. The zero-order valence-electron chi connectivity index (χ0n) is 10.2. The van der Waals surface area contributed by atoms with E-state index in [4.69, 9.17) is 5.73 Å². The number of halogens is 3. The first-order valence-electron chi connectivity index (χ1n) is 5.35. The van der Waals surface area contributed by atoms with E-state index in [-0.39, 0.29) is 0 Å². The van der Waals surface area contributed by atoms with Crippen LogP contribution in [0.1, 0.15) is 19.0 Å². The normalized spacial score (nSPS) is 11.9. The molecule has 17 heavy (non-hydrogen) atoms. The summed E-state index contributed by atoms with van der Waals surface area (Å²) in [6.45, 7) is 0.926. The first-order valence-corrected chi connectivity index (χ1v) is 5.35. The van der Waals surface area contributed by atoms with Crippen molar-refractivity contribution in [2.24, 2.45) is 7.05 Å². The standard InChI is InChI=1S/C10H17F3N4/c1-4-5-7-8(14)9(17(3)15-7)16(2)6-10(11,12)13/h4-6,14H2,1-3H3. The molecule has 0 aromatic carbocycles. The molecule has 0 atom stereocenters. The minimum Gasteiger partial charge on any atom is -0.394 e. The molecule has 4 nitrogen and oxygen atoms in total. The molecule has 0 bridgehead atoms. The predicted molar refractivity (Wildman–Crippen MR) is 60.9 cm³/mol. The molecule has 0 spiro atoms. The second kappa shape index (κ2) is 4.85. The zero-order chi connectivity index (χ0) is 13.2. The summed E-state index contributed by atoms with van der Waals surface area (Å²) in [6, 6.07) is 0. The Hall–Kier alpha value is -1.40. The van der Waals surface area contributed by atoms with Gasteiger partial charge in [0.05, 0.1) is 11.4 Å². The van der Waals surface area contributed by atoms with Crippen molar-refractivity contribution >= 4 is 11.5 Å². The Kier molecular flexibility index (Phi) is 3.90. The molecule has 0 saturated heterocycles. The van der Waals surface area contributed by atoms with Gasteiger partial charge in [0, 0.05) is 14.1 Å². The molecule has 1 heterocycles. The lowest BCUT2D eigenvalue weighted by atomic mass is 10.2. The van der Waals surface area contributed by atoms with Crippen LogP contribution in [0.4, 0.5) is 24.7 Å². The van der Waals surface area contributed by atoms with Gasteiger partial charge in [0.1, 0.15) is 12.4 Å². The number of aromatic nitrogens is 2. The second-order valence-corrected chi connectivity index (χ2v) is 4.03. The molecule has 0 aliphatic carbocycles. The van der Waals surface area contributed by atoms with Crippen LogP contribution in [0.3, 0.4) is 0 Å². The van der Waals surface area contributed by atoms with Crippen LogP contribution in [0.5, 0.6) is 0 Å². The Labute approximate surface area is 98.2 Å². The SMILES string of the molecule is CCCc1nn(C)c(N(C)CC(F)(F)F)c1N. The zero-order valence-corrected chi connectivity index (χ0v) is 10.2. The van der Waals surface area contributed by atoms with Gasteiger partial charge in [-0.3, -0.25) is 4.68 Å². The molecule has 1 rings (SSSR count). The highest BCUT2D eigenvalue weighted by Crippen LogP contribution is 2.28. The molecule has 7 heteroatoms. The Balaban J connectivity index is 2.97. The summed E-state index contributed by atoms with van der Waals surface area (Å²) in [5.41, 5.74) is 6.80. The van der Waals surface area contributed by atoms with E-state index in [9.17, 15) is 13.2 Å². The van der Waals surface area contributed by atoms with E-state index in [0.29, 0.717) is 23.6 Å². The van der Waals surface area contributed by atoms with Crippen molar-refractivity contribution in [2.75, 3.05) is 24.2 Å². The molecule has 0 saturated carbocycles. The molecular weight excluding hydrogens is 233 g/mol.